The molecule has 0 aromatic carbocycles. The molecule has 2 heterocycles. The number of nitrogens with zero attached hydrogens (tertiary/aromatic N) is 2. The summed E-state index contributed by atoms with van der Waals surface area (Å²) in [5, 5.41) is 3.42. The minimum absolute atomic E-state index is 0.143. The second-order valence-electron chi connectivity index (χ2n) is 6.79. The molecule has 0 aliphatic rings. The molecule has 2 aromatic heterocycles. The lowest BCUT2D eigenvalue weighted by Crippen LogP contribution is -2.10. The van der Waals surface area contributed by atoms with E-state index in [1.165, 1.54) is 0 Å². The summed E-state index contributed by atoms with van der Waals surface area (Å²) in [7, 11) is 0. The minimum Gasteiger partial charge on any atom is -0.475 e. The average Bonchev–Trinajstić information content (AvgIpc) is 2.54. The lowest BCUT2D eigenvalue weighted by atomic mass is 10.0. The fourth-order valence-electron chi connectivity index (χ4n) is 2.45. The first-order valence-electron chi connectivity index (χ1n) is 8.80. The Hall–Kier alpha value is -2.10. The van der Waals surface area contributed by atoms with E-state index in [-0.39, 0.29) is 6.10 Å². The quantitative estimate of drug-likeness (QED) is 0.741. The Balaban J connectivity index is 1.89. The molecular weight excluding hydrogens is 298 g/mol. The van der Waals surface area contributed by atoms with E-state index in [1.54, 1.807) is 0 Å². The normalized spacial score (nSPS) is 12.5. The van der Waals surface area contributed by atoms with Gasteiger partial charge in [-0.05, 0) is 44.4 Å². The van der Waals surface area contributed by atoms with Crippen LogP contribution in [0.2, 0.25) is 0 Å². The van der Waals surface area contributed by atoms with Crippen LogP contribution in [0.5, 0.6) is 5.88 Å². The van der Waals surface area contributed by atoms with Crippen LogP contribution in [0.1, 0.15) is 64.3 Å². The summed E-state index contributed by atoms with van der Waals surface area (Å²) in [6, 6.07) is 12.1. The van der Waals surface area contributed by atoms with Crippen LogP contribution >= 0.6 is 0 Å². The van der Waals surface area contributed by atoms with E-state index in [0.29, 0.717) is 17.7 Å². The maximum absolute atomic E-state index is 5.68. The van der Waals surface area contributed by atoms with Gasteiger partial charge in [0.05, 0.1) is 6.10 Å². The molecule has 0 aliphatic heterocycles. The maximum atomic E-state index is 5.68. The van der Waals surface area contributed by atoms with Crippen molar-refractivity contribution in [2.45, 2.75) is 59.0 Å². The van der Waals surface area contributed by atoms with Crippen molar-refractivity contribution in [3.05, 3.63) is 47.8 Å². The van der Waals surface area contributed by atoms with Gasteiger partial charge in [-0.1, -0.05) is 32.9 Å². The second kappa shape index (κ2) is 8.67. The Morgan fingerprint density at radius 1 is 0.917 bits per heavy atom. The Morgan fingerprint density at radius 3 is 2.33 bits per heavy atom. The summed E-state index contributed by atoms with van der Waals surface area (Å²) in [6.07, 6.45) is 1.13. The molecule has 4 heteroatoms. The van der Waals surface area contributed by atoms with Crippen molar-refractivity contribution in [2.24, 2.45) is 0 Å². The molecule has 1 N–H and O–H groups in total. The number of rotatable bonds is 8. The number of hydrogen-bond donors (Lipinski definition) is 1. The van der Waals surface area contributed by atoms with Gasteiger partial charge in [0.25, 0.3) is 0 Å². The number of pyridine rings is 2. The summed E-state index contributed by atoms with van der Waals surface area (Å²) in [4.78, 5) is 9.25. The first kappa shape index (κ1) is 18.2. The van der Waals surface area contributed by atoms with Gasteiger partial charge in [0.2, 0.25) is 5.88 Å². The Kier molecular flexibility index (Phi) is 6.59. The second-order valence-corrected chi connectivity index (χ2v) is 6.79. The summed E-state index contributed by atoms with van der Waals surface area (Å²) in [5.74, 6) is 2.45. The molecule has 2 aromatic rings. The first-order valence-corrected chi connectivity index (χ1v) is 8.80. The van der Waals surface area contributed by atoms with E-state index in [1.807, 2.05) is 32.0 Å². The van der Waals surface area contributed by atoms with E-state index in [0.717, 1.165) is 30.2 Å². The third-order valence-electron chi connectivity index (χ3n) is 3.85. The van der Waals surface area contributed by atoms with Gasteiger partial charge in [0.1, 0.15) is 5.82 Å². The zero-order valence-corrected chi connectivity index (χ0v) is 15.4. The van der Waals surface area contributed by atoms with Crippen molar-refractivity contribution in [2.75, 3.05) is 11.9 Å². The largest absolute Gasteiger partial charge is 0.475 e. The number of aromatic nitrogens is 2. The van der Waals surface area contributed by atoms with Gasteiger partial charge in [0, 0.05) is 29.9 Å². The van der Waals surface area contributed by atoms with Gasteiger partial charge >= 0.3 is 0 Å². The minimum atomic E-state index is 0.143. The van der Waals surface area contributed by atoms with E-state index < -0.39 is 0 Å². The van der Waals surface area contributed by atoms with Crippen LogP contribution in [0.4, 0.5) is 5.82 Å². The predicted molar refractivity (Wildman–Crippen MR) is 99.8 cm³/mol. The highest BCUT2D eigenvalue weighted by Gasteiger charge is 2.09. The van der Waals surface area contributed by atoms with Gasteiger partial charge in [-0.2, -0.15) is 0 Å². The van der Waals surface area contributed by atoms with Crippen LogP contribution < -0.4 is 10.1 Å². The van der Waals surface area contributed by atoms with E-state index >= 15 is 0 Å². The van der Waals surface area contributed by atoms with Crippen molar-refractivity contribution in [1.82, 2.24) is 9.97 Å². The molecule has 0 amide bonds. The van der Waals surface area contributed by atoms with Crippen LogP contribution in [0.15, 0.2) is 36.4 Å². The highest BCUT2D eigenvalue weighted by atomic mass is 16.5. The third kappa shape index (κ3) is 5.52. The molecular formula is C20H29N3O. The van der Waals surface area contributed by atoms with Crippen LogP contribution in [0.25, 0.3) is 0 Å². The van der Waals surface area contributed by atoms with E-state index in [9.17, 15) is 0 Å². The third-order valence-corrected chi connectivity index (χ3v) is 3.85. The number of ether oxygens (including phenoxy) is 1. The van der Waals surface area contributed by atoms with Crippen molar-refractivity contribution < 1.29 is 4.74 Å². The van der Waals surface area contributed by atoms with E-state index in [4.69, 9.17) is 4.74 Å². The van der Waals surface area contributed by atoms with Gasteiger partial charge in [0.15, 0.2) is 0 Å². The lowest BCUT2D eigenvalue weighted by molar-refractivity contribution is 0.231. The fraction of sp³-hybridized carbons (Fsp3) is 0.500. The molecule has 130 valence electrons. The van der Waals surface area contributed by atoms with Gasteiger partial charge in [-0.3, -0.25) is 0 Å². The molecule has 1 unspecified atom stereocenters. The molecule has 0 saturated heterocycles. The molecule has 0 fully saturated rings. The topological polar surface area (TPSA) is 47.0 Å². The molecule has 0 spiro atoms. The lowest BCUT2D eigenvalue weighted by Gasteiger charge is -2.15. The highest BCUT2D eigenvalue weighted by Crippen LogP contribution is 2.20. The van der Waals surface area contributed by atoms with Gasteiger partial charge in [-0.25, -0.2) is 9.97 Å². The standard InChI is InChI=1S/C20H29N3O/c1-14(2)17-8-6-10-19(22-17)21-13-12-16(5)18-9-7-11-20(23-18)24-15(3)4/h6-11,14-16H,12-13H2,1-5H3,(H,21,22). The monoisotopic (exact) mass is 327 g/mol. The Morgan fingerprint density at radius 2 is 1.62 bits per heavy atom. The molecule has 1 atom stereocenters. The smallest absolute Gasteiger partial charge is 0.213 e. The van der Waals surface area contributed by atoms with Crippen LogP contribution in [0.3, 0.4) is 0 Å². The summed E-state index contributed by atoms with van der Waals surface area (Å²) >= 11 is 0. The number of hydrogen-bond acceptors (Lipinski definition) is 4. The summed E-state index contributed by atoms with van der Waals surface area (Å²) < 4.78 is 5.68. The van der Waals surface area contributed by atoms with Crippen LogP contribution in [-0.2, 0) is 0 Å². The van der Waals surface area contributed by atoms with Crippen molar-refractivity contribution >= 4 is 5.82 Å². The van der Waals surface area contributed by atoms with E-state index in [2.05, 4.69) is 54.3 Å². The molecule has 2 rings (SSSR count). The van der Waals surface area contributed by atoms with Crippen molar-refractivity contribution in [3.63, 3.8) is 0 Å². The van der Waals surface area contributed by atoms with Gasteiger partial charge in [-0.15, -0.1) is 0 Å². The molecule has 0 radical (unpaired) electrons. The number of nitrogens with one attached hydrogen (secondary N) is 1. The zero-order valence-electron chi connectivity index (χ0n) is 15.4. The fourth-order valence-corrected chi connectivity index (χ4v) is 2.45. The molecule has 4 nitrogen and oxygen atoms in total. The van der Waals surface area contributed by atoms with Crippen LogP contribution in [0, 0.1) is 0 Å². The summed E-state index contributed by atoms with van der Waals surface area (Å²) in [5.41, 5.74) is 2.19. The number of anilines is 1. The van der Waals surface area contributed by atoms with Gasteiger partial charge < -0.3 is 10.1 Å². The average molecular weight is 327 g/mol. The van der Waals surface area contributed by atoms with Crippen molar-refractivity contribution in [3.8, 4) is 5.88 Å². The maximum Gasteiger partial charge on any atom is 0.213 e. The predicted octanol–water partition coefficient (Wildman–Crippen LogP) is 4.99. The van der Waals surface area contributed by atoms with Crippen molar-refractivity contribution in [1.29, 1.82) is 0 Å². The molecule has 0 saturated carbocycles. The molecule has 24 heavy (non-hydrogen) atoms. The molecule has 0 bridgehead atoms. The molecule has 0 aliphatic carbocycles. The Labute approximate surface area is 145 Å². The summed E-state index contributed by atoms with van der Waals surface area (Å²) in [6.45, 7) is 11.4. The Bertz CT molecular complexity index is 640. The zero-order chi connectivity index (χ0) is 17.5. The van der Waals surface area contributed by atoms with Crippen LogP contribution in [-0.4, -0.2) is 22.6 Å². The highest BCUT2D eigenvalue weighted by molar-refractivity contribution is 5.36. The first-order chi connectivity index (χ1) is 11.5. The SMILES string of the molecule is CC(C)Oc1cccc(C(C)CCNc2cccc(C(C)C)n2)n1.